The molecule has 5 aliphatic carbocycles. The topological polar surface area (TPSA) is 89.6 Å². The molecule has 4 fully saturated rings. The number of aliphatic hydroxyl groups excluding tert-OH is 1. The van der Waals surface area contributed by atoms with Gasteiger partial charge in [0, 0.05) is 30.7 Å². The maximum atomic E-state index is 13.5. The van der Waals surface area contributed by atoms with Crippen molar-refractivity contribution in [2.45, 2.75) is 125 Å². The zero-order chi connectivity index (χ0) is 28.1. The van der Waals surface area contributed by atoms with Crippen LogP contribution in [0.3, 0.4) is 0 Å². The van der Waals surface area contributed by atoms with Crippen LogP contribution >= 0.6 is 0 Å². The molecule has 0 aromatic heterocycles. The third kappa shape index (κ3) is 3.49. The molecule has 3 N–H and O–H groups in total. The van der Waals surface area contributed by atoms with Crippen molar-refractivity contribution in [3.8, 4) is 0 Å². The minimum absolute atomic E-state index is 0.00865. The Labute approximate surface area is 230 Å². The highest BCUT2D eigenvalue weighted by Gasteiger charge is 2.70. The number of hydrogen-bond donors (Lipinski definition) is 2. The molecule has 0 heterocycles. The summed E-state index contributed by atoms with van der Waals surface area (Å²) >= 11 is 0. The molecule has 0 saturated heterocycles. The Morgan fingerprint density at radius 3 is 2.26 bits per heavy atom. The molecule has 9 atom stereocenters. The van der Waals surface area contributed by atoms with Gasteiger partial charge in [-0.25, -0.2) is 0 Å². The molecule has 1 unspecified atom stereocenters. The number of ether oxygens (including phenoxy) is 1. The lowest BCUT2D eigenvalue weighted by molar-refractivity contribution is -0.234. The standard InChI is InChI=1S/C33H53NO4/c1-19(2)27-22(36)17-33(25(37)18-34)16-15-31(7)21(28(27)33)9-10-24-30(6)13-12-26(38-20(3)35)29(4,5)23(30)11-14-32(24,31)8/h19,21,23-26,37H,9-18,34H2,1-8H3/t21-,23-,24-,25?,26+,30+,31-,32-,33+/m1/s1. The van der Waals surface area contributed by atoms with E-state index in [9.17, 15) is 14.7 Å². The van der Waals surface area contributed by atoms with Crippen molar-refractivity contribution >= 4 is 11.8 Å². The number of carbonyl (C=O) groups is 2. The van der Waals surface area contributed by atoms with E-state index >= 15 is 0 Å². The van der Waals surface area contributed by atoms with Crippen molar-refractivity contribution < 1.29 is 19.4 Å². The summed E-state index contributed by atoms with van der Waals surface area (Å²) in [5.74, 6) is 1.70. The number of fused-ring (bicyclic) bond motifs is 7. The van der Waals surface area contributed by atoms with Gasteiger partial charge in [0.15, 0.2) is 5.78 Å². The fourth-order valence-corrected chi connectivity index (χ4v) is 11.7. The minimum atomic E-state index is -0.654. The molecule has 38 heavy (non-hydrogen) atoms. The predicted molar refractivity (Wildman–Crippen MR) is 150 cm³/mol. The lowest BCUT2D eigenvalue weighted by Crippen LogP contribution is -2.66. The Balaban J connectivity index is 1.57. The molecular formula is C33H53NO4. The van der Waals surface area contributed by atoms with Crippen molar-refractivity contribution in [3.05, 3.63) is 11.1 Å². The largest absolute Gasteiger partial charge is 0.462 e. The van der Waals surface area contributed by atoms with Crippen LogP contribution in [0, 0.1) is 50.7 Å². The van der Waals surface area contributed by atoms with Crippen LogP contribution in [-0.4, -0.2) is 35.6 Å². The second-order valence-electron chi connectivity index (χ2n) is 15.6. The molecule has 5 nitrogen and oxygen atoms in total. The summed E-state index contributed by atoms with van der Waals surface area (Å²) in [6.07, 6.45) is 8.30. The molecule has 5 aliphatic rings. The van der Waals surface area contributed by atoms with Crippen LogP contribution in [-0.2, 0) is 14.3 Å². The first-order valence-corrected chi connectivity index (χ1v) is 15.4. The van der Waals surface area contributed by atoms with Gasteiger partial charge >= 0.3 is 5.97 Å². The van der Waals surface area contributed by atoms with E-state index in [0.29, 0.717) is 24.2 Å². The molecule has 5 rings (SSSR count). The second kappa shape index (κ2) is 8.90. The number of ketones is 1. The van der Waals surface area contributed by atoms with Crippen molar-refractivity contribution in [1.82, 2.24) is 0 Å². The summed E-state index contributed by atoms with van der Waals surface area (Å²) in [6.45, 7) is 18.4. The highest BCUT2D eigenvalue weighted by molar-refractivity contribution is 6.00. The smallest absolute Gasteiger partial charge is 0.302 e. The van der Waals surface area contributed by atoms with Gasteiger partial charge in [0.1, 0.15) is 6.10 Å². The quantitative estimate of drug-likeness (QED) is 0.424. The molecule has 214 valence electrons. The fourth-order valence-electron chi connectivity index (χ4n) is 11.7. The third-order valence-corrected chi connectivity index (χ3v) is 13.6. The van der Waals surface area contributed by atoms with E-state index in [1.807, 2.05) is 0 Å². The summed E-state index contributed by atoms with van der Waals surface area (Å²) in [4.78, 5) is 25.4. The van der Waals surface area contributed by atoms with E-state index in [4.69, 9.17) is 10.5 Å². The van der Waals surface area contributed by atoms with Gasteiger partial charge in [0.05, 0.1) is 6.10 Å². The van der Waals surface area contributed by atoms with Gasteiger partial charge in [-0.3, -0.25) is 9.59 Å². The van der Waals surface area contributed by atoms with Crippen LogP contribution in [0.2, 0.25) is 0 Å². The van der Waals surface area contributed by atoms with E-state index in [1.54, 1.807) is 6.92 Å². The molecule has 0 spiro atoms. The molecule has 0 aromatic rings. The zero-order valence-corrected chi connectivity index (χ0v) is 25.3. The van der Waals surface area contributed by atoms with Crippen LogP contribution < -0.4 is 5.73 Å². The van der Waals surface area contributed by atoms with Crippen LogP contribution in [0.1, 0.15) is 113 Å². The molecular weight excluding hydrogens is 474 g/mol. The van der Waals surface area contributed by atoms with Gasteiger partial charge in [-0.2, -0.15) is 0 Å². The monoisotopic (exact) mass is 527 g/mol. The number of allylic oxidation sites excluding steroid dienone is 1. The number of Topliss-reactive ketones (excluding diaryl/α,β-unsaturated/α-hetero) is 1. The van der Waals surface area contributed by atoms with Gasteiger partial charge in [0.25, 0.3) is 0 Å². The zero-order valence-electron chi connectivity index (χ0n) is 25.3. The number of esters is 1. The number of carbonyl (C=O) groups excluding carboxylic acids is 2. The molecule has 0 aromatic carbocycles. The molecule has 0 amide bonds. The third-order valence-electron chi connectivity index (χ3n) is 13.6. The number of hydrogen-bond acceptors (Lipinski definition) is 5. The Morgan fingerprint density at radius 2 is 1.66 bits per heavy atom. The predicted octanol–water partition coefficient (Wildman–Crippen LogP) is 6.22. The average Bonchev–Trinajstić information content (AvgIpc) is 3.14. The van der Waals surface area contributed by atoms with Crippen molar-refractivity contribution in [2.24, 2.45) is 56.5 Å². The Hall–Kier alpha value is -1.20. The van der Waals surface area contributed by atoms with Crippen LogP contribution in [0.4, 0.5) is 0 Å². The van der Waals surface area contributed by atoms with Gasteiger partial charge in [-0.15, -0.1) is 0 Å². The number of nitrogens with two attached hydrogens (primary N) is 1. The first kappa shape index (κ1) is 28.3. The average molecular weight is 528 g/mol. The maximum absolute atomic E-state index is 13.5. The van der Waals surface area contributed by atoms with E-state index in [-0.39, 0.29) is 52.0 Å². The lowest BCUT2D eigenvalue weighted by Gasteiger charge is -2.72. The Morgan fingerprint density at radius 1 is 0.974 bits per heavy atom. The highest BCUT2D eigenvalue weighted by atomic mass is 16.5. The normalized spacial score (nSPS) is 46.7. The fraction of sp³-hybridized carbons (Fsp3) is 0.879. The second-order valence-corrected chi connectivity index (χ2v) is 15.6. The SMILES string of the molecule is CC(=O)O[C@H]1CC[C@@]2(C)[C@H](CC[C@]3(C)[C@@H]2CC[C@@H]2C4=C(C(C)C)C(=O)C[C@]4(C(O)CN)CC[C@]23C)C1(C)C. The summed E-state index contributed by atoms with van der Waals surface area (Å²) in [6, 6.07) is 0. The molecule has 0 bridgehead atoms. The number of rotatable bonds is 4. The summed E-state index contributed by atoms with van der Waals surface area (Å²) in [5, 5.41) is 11.3. The minimum Gasteiger partial charge on any atom is -0.462 e. The Kier molecular flexibility index (Phi) is 6.63. The summed E-state index contributed by atoms with van der Waals surface area (Å²) in [5.41, 5.74) is 8.34. The van der Waals surface area contributed by atoms with E-state index in [2.05, 4.69) is 48.5 Å². The van der Waals surface area contributed by atoms with Gasteiger partial charge in [-0.05, 0) is 96.9 Å². The van der Waals surface area contributed by atoms with E-state index < -0.39 is 11.5 Å². The van der Waals surface area contributed by atoms with Crippen molar-refractivity contribution in [1.29, 1.82) is 0 Å². The van der Waals surface area contributed by atoms with Crippen LogP contribution in [0.15, 0.2) is 11.1 Å². The molecule has 4 saturated carbocycles. The maximum Gasteiger partial charge on any atom is 0.302 e. The van der Waals surface area contributed by atoms with Gasteiger partial charge < -0.3 is 15.6 Å². The summed E-state index contributed by atoms with van der Waals surface area (Å²) < 4.78 is 5.89. The van der Waals surface area contributed by atoms with Crippen molar-refractivity contribution in [2.75, 3.05) is 6.54 Å². The van der Waals surface area contributed by atoms with Crippen molar-refractivity contribution in [3.63, 3.8) is 0 Å². The Bertz CT molecular complexity index is 1050. The molecule has 5 heteroatoms. The first-order chi connectivity index (χ1) is 17.6. The van der Waals surface area contributed by atoms with Crippen LogP contribution in [0.5, 0.6) is 0 Å². The van der Waals surface area contributed by atoms with Gasteiger partial charge in [0.2, 0.25) is 0 Å². The van der Waals surface area contributed by atoms with E-state index in [1.165, 1.54) is 12.0 Å². The highest BCUT2D eigenvalue weighted by Crippen LogP contribution is 2.77. The molecule has 0 aliphatic heterocycles. The first-order valence-electron chi connectivity index (χ1n) is 15.4. The van der Waals surface area contributed by atoms with E-state index in [0.717, 1.165) is 50.5 Å². The van der Waals surface area contributed by atoms with Gasteiger partial charge in [-0.1, -0.05) is 54.0 Å². The molecule has 0 radical (unpaired) electrons. The summed E-state index contributed by atoms with van der Waals surface area (Å²) in [7, 11) is 0. The lowest BCUT2D eigenvalue weighted by atomic mass is 9.33. The van der Waals surface area contributed by atoms with Crippen LogP contribution in [0.25, 0.3) is 0 Å². The number of aliphatic hydroxyl groups is 1.